The van der Waals surface area contributed by atoms with Gasteiger partial charge in [-0.1, -0.05) is 12.5 Å². The number of benzene rings is 1. The lowest BCUT2D eigenvalue weighted by atomic mass is 10.2. The SMILES string of the molecule is O=C(CCCCCNc1ncccn1)Nc1ccc2cc[nH]c2c1. The fourth-order valence-corrected chi connectivity index (χ4v) is 2.53. The summed E-state index contributed by atoms with van der Waals surface area (Å²) in [6.45, 7) is 0.815. The normalized spacial score (nSPS) is 10.7. The zero-order valence-electron chi connectivity index (χ0n) is 13.5. The van der Waals surface area contributed by atoms with Crippen molar-refractivity contribution in [3.8, 4) is 0 Å². The van der Waals surface area contributed by atoms with Crippen LogP contribution in [0.1, 0.15) is 25.7 Å². The van der Waals surface area contributed by atoms with Crippen LogP contribution in [0.2, 0.25) is 0 Å². The van der Waals surface area contributed by atoms with E-state index in [1.54, 1.807) is 18.5 Å². The number of carbonyl (C=O) groups is 1. The van der Waals surface area contributed by atoms with E-state index in [0.29, 0.717) is 12.4 Å². The molecule has 1 aromatic carbocycles. The van der Waals surface area contributed by atoms with Crippen LogP contribution >= 0.6 is 0 Å². The standard InChI is InChI=1S/C18H21N5O/c24-17(23-15-7-6-14-8-12-19-16(14)13-15)5-2-1-3-9-20-18-21-10-4-11-22-18/h4,6-8,10-13,19H,1-3,5,9H2,(H,23,24)(H,20,21,22). The van der Waals surface area contributed by atoms with Gasteiger partial charge in [-0.3, -0.25) is 4.79 Å². The van der Waals surface area contributed by atoms with Gasteiger partial charge in [-0.05, 0) is 42.5 Å². The van der Waals surface area contributed by atoms with Crippen molar-refractivity contribution in [2.75, 3.05) is 17.2 Å². The predicted molar refractivity (Wildman–Crippen MR) is 95.9 cm³/mol. The van der Waals surface area contributed by atoms with Crippen molar-refractivity contribution >= 4 is 28.4 Å². The van der Waals surface area contributed by atoms with E-state index in [9.17, 15) is 4.79 Å². The van der Waals surface area contributed by atoms with Gasteiger partial charge in [-0.2, -0.15) is 0 Å². The molecule has 2 heterocycles. The second-order valence-corrected chi connectivity index (χ2v) is 5.64. The summed E-state index contributed by atoms with van der Waals surface area (Å²) in [7, 11) is 0. The third-order valence-electron chi connectivity index (χ3n) is 3.77. The van der Waals surface area contributed by atoms with Crippen LogP contribution in [0.4, 0.5) is 11.6 Å². The number of hydrogen-bond donors (Lipinski definition) is 3. The molecule has 0 fully saturated rings. The minimum Gasteiger partial charge on any atom is -0.361 e. The molecule has 2 aromatic heterocycles. The quantitative estimate of drug-likeness (QED) is 0.553. The number of amides is 1. The lowest BCUT2D eigenvalue weighted by molar-refractivity contribution is -0.116. The van der Waals surface area contributed by atoms with Crippen LogP contribution in [0.25, 0.3) is 10.9 Å². The molecule has 0 bridgehead atoms. The number of aromatic nitrogens is 3. The van der Waals surface area contributed by atoms with Crippen LogP contribution < -0.4 is 10.6 Å². The van der Waals surface area contributed by atoms with Crippen molar-refractivity contribution in [1.29, 1.82) is 0 Å². The monoisotopic (exact) mass is 323 g/mol. The summed E-state index contributed by atoms with van der Waals surface area (Å²) < 4.78 is 0. The molecule has 0 aliphatic rings. The van der Waals surface area contributed by atoms with E-state index in [4.69, 9.17) is 0 Å². The van der Waals surface area contributed by atoms with Crippen molar-refractivity contribution in [1.82, 2.24) is 15.0 Å². The molecule has 3 aromatic rings. The lowest BCUT2D eigenvalue weighted by Gasteiger charge is -2.06. The zero-order chi connectivity index (χ0) is 16.6. The minimum atomic E-state index is 0.0558. The average Bonchev–Trinajstić information content (AvgIpc) is 3.06. The van der Waals surface area contributed by atoms with E-state index in [-0.39, 0.29) is 5.91 Å². The molecule has 0 aliphatic heterocycles. The molecular weight excluding hydrogens is 302 g/mol. The van der Waals surface area contributed by atoms with Crippen molar-refractivity contribution in [3.05, 3.63) is 48.9 Å². The van der Waals surface area contributed by atoms with Crippen molar-refractivity contribution < 1.29 is 4.79 Å². The molecule has 24 heavy (non-hydrogen) atoms. The maximum absolute atomic E-state index is 12.0. The summed E-state index contributed by atoms with van der Waals surface area (Å²) in [4.78, 5) is 23.3. The zero-order valence-corrected chi connectivity index (χ0v) is 13.5. The van der Waals surface area contributed by atoms with Crippen LogP contribution in [0.5, 0.6) is 0 Å². The summed E-state index contributed by atoms with van der Waals surface area (Å²) in [6, 6.07) is 9.68. The van der Waals surface area contributed by atoms with Gasteiger partial charge in [-0.25, -0.2) is 9.97 Å². The molecule has 6 nitrogen and oxygen atoms in total. The van der Waals surface area contributed by atoms with Gasteiger partial charge in [0, 0.05) is 42.8 Å². The first-order valence-corrected chi connectivity index (χ1v) is 8.19. The van der Waals surface area contributed by atoms with Crippen LogP contribution in [0.15, 0.2) is 48.9 Å². The number of fused-ring (bicyclic) bond motifs is 1. The van der Waals surface area contributed by atoms with Crippen LogP contribution in [-0.2, 0) is 4.79 Å². The molecule has 3 rings (SSSR count). The number of nitrogens with zero attached hydrogens (tertiary/aromatic N) is 2. The van der Waals surface area contributed by atoms with E-state index in [2.05, 4.69) is 25.6 Å². The Labute approximate surface area is 140 Å². The molecule has 0 radical (unpaired) electrons. The van der Waals surface area contributed by atoms with Crippen molar-refractivity contribution in [2.45, 2.75) is 25.7 Å². The Balaban J connectivity index is 1.32. The van der Waals surface area contributed by atoms with Gasteiger partial charge < -0.3 is 15.6 Å². The second kappa shape index (κ2) is 8.10. The minimum absolute atomic E-state index is 0.0558. The van der Waals surface area contributed by atoms with E-state index >= 15 is 0 Å². The molecule has 1 amide bonds. The number of rotatable bonds is 8. The highest BCUT2D eigenvalue weighted by molar-refractivity contribution is 5.93. The summed E-state index contributed by atoms with van der Waals surface area (Å²) in [6.07, 6.45) is 8.70. The molecule has 0 spiro atoms. The number of H-pyrrole nitrogens is 1. The highest BCUT2D eigenvalue weighted by atomic mass is 16.1. The van der Waals surface area contributed by atoms with Crippen LogP contribution in [0, 0.1) is 0 Å². The highest BCUT2D eigenvalue weighted by Crippen LogP contribution is 2.18. The Morgan fingerprint density at radius 2 is 1.96 bits per heavy atom. The molecular formula is C18H21N5O. The molecule has 0 unspecified atom stereocenters. The Morgan fingerprint density at radius 3 is 2.83 bits per heavy atom. The van der Waals surface area contributed by atoms with Crippen molar-refractivity contribution in [3.63, 3.8) is 0 Å². The molecule has 124 valence electrons. The number of aromatic amines is 1. The summed E-state index contributed by atoms with van der Waals surface area (Å²) >= 11 is 0. The number of nitrogens with one attached hydrogen (secondary N) is 3. The summed E-state index contributed by atoms with van der Waals surface area (Å²) in [5, 5.41) is 7.25. The van der Waals surface area contributed by atoms with Gasteiger partial charge in [0.25, 0.3) is 0 Å². The van der Waals surface area contributed by atoms with E-state index in [1.165, 1.54) is 0 Å². The number of carbonyl (C=O) groups excluding carboxylic acids is 1. The topological polar surface area (TPSA) is 82.7 Å². The van der Waals surface area contributed by atoms with Gasteiger partial charge in [0.05, 0.1) is 0 Å². The first-order chi connectivity index (χ1) is 11.8. The van der Waals surface area contributed by atoms with E-state index in [1.807, 2.05) is 30.5 Å². The fourth-order valence-electron chi connectivity index (χ4n) is 2.53. The average molecular weight is 323 g/mol. The Kier molecular flexibility index (Phi) is 5.40. The van der Waals surface area contributed by atoms with E-state index in [0.717, 1.165) is 42.4 Å². The Morgan fingerprint density at radius 1 is 1.08 bits per heavy atom. The molecule has 0 saturated carbocycles. The molecule has 0 saturated heterocycles. The predicted octanol–water partition coefficient (Wildman–Crippen LogP) is 3.57. The van der Waals surface area contributed by atoms with Gasteiger partial charge in [0.1, 0.15) is 0 Å². The maximum Gasteiger partial charge on any atom is 0.224 e. The molecule has 3 N–H and O–H groups in total. The second-order valence-electron chi connectivity index (χ2n) is 5.64. The highest BCUT2D eigenvalue weighted by Gasteiger charge is 2.03. The molecule has 0 atom stereocenters. The fraction of sp³-hybridized carbons (Fsp3) is 0.278. The maximum atomic E-state index is 12.0. The Bertz CT molecular complexity index is 784. The molecule has 0 aliphatic carbocycles. The Hall–Kier alpha value is -2.89. The molecule has 6 heteroatoms. The van der Waals surface area contributed by atoms with Gasteiger partial charge in [-0.15, -0.1) is 0 Å². The smallest absolute Gasteiger partial charge is 0.224 e. The van der Waals surface area contributed by atoms with Gasteiger partial charge in [0.15, 0.2) is 0 Å². The number of anilines is 2. The summed E-state index contributed by atoms with van der Waals surface area (Å²) in [5.74, 6) is 0.704. The van der Waals surface area contributed by atoms with Crippen molar-refractivity contribution in [2.24, 2.45) is 0 Å². The lowest BCUT2D eigenvalue weighted by Crippen LogP contribution is -2.11. The summed E-state index contributed by atoms with van der Waals surface area (Å²) in [5.41, 5.74) is 1.86. The third kappa shape index (κ3) is 4.55. The largest absolute Gasteiger partial charge is 0.361 e. The first kappa shape index (κ1) is 16.0. The third-order valence-corrected chi connectivity index (χ3v) is 3.77. The first-order valence-electron chi connectivity index (χ1n) is 8.19. The van der Waals surface area contributed by atoms with Crippen LogP contribution in [0.3, 0.4) is 0 Å². The number of hydrogen-bond acceptors (Lipinski definition) is 4. The van der Waals surface area contributed by atoms with Gasteiger partial charge >= 0.3 is 0 Å². The van der Waals surface area contributed by atoms with E-state index < -0.39 is 0 Å². The van der Waals surface area contributed by atoms with Crippen LogP contribution in [-0.4, -0.2) is 27.4 Å². The number of unbranched alkanes of at least 4 members (excludes halogenated alkanes) is 2. The van der Waals surface area contributed by atoms with Gasteiger partial charge in [0.2, 0.25) is 11.9 Å².